The van der Waals surface area contributed by atoms with Gasteiger partial charge in [0.05, 0.1) is 5.56 Å². The molecule has 0 N–H and O–H groups in total. The van der Waals surface area contributed by atoms with Crippen LogP contribution in [-0.4, -0.2) is 28.4 Å². The van der Waals surface area contributed by atoms with Crippen LogP contribution in [0.4, 0.5) is 0 Å². The van der Waals surface area contributed by atoms with Gasteiger partial charge in [0.2, 0.25) is 16.6 Å². The standard InChI is InChI=1S/C15H24O4Si2/c1-11(16)12-8-9-14(18-20(2,3)4)13(10-12)15(17)19-21(5,6)7/h8-10H,1-7H3. The highest BCUT2D eigenvalue weighted by atomic mass is 28.4. The van der Waals surface area contributed by atoms with Crippen LogP contribution in [0.1, 0.15) is 27.6 Å². The van der Waals surface area contributed by atoms with Gasteiger partial charge in [-0.3, -0.25) is 4.79 Å². The average Bonchev–Trinajstić information content (AvgIpc) is 2.24. The van der Waals surface area contributed by atoms with E-state index in [0.717, 1.165) is 0 Å². The van der Waals surface area contributed by atoms with Crippen molar-refractivity contribution in [2.45, 2.75) is 46.2 Å². The topological polar surface area (TPSA) is 52.6 Å². The summed E-state index contributed by atoms with van der Waals surface area (Å²) >= 11 is 0. The van der Waals surface area contributed by atoms with Gasteiger partial charge in [0.1, 0.15) is 5.75 Å². The molecule has 0 saturated heterocycles. The summed E-state index contributed by atoms with van der Waals surface area (Å²) in [5, 5.41) is 0. The molecule has 6 heteroatoms. The Morgan fingerprint density at radius 1 is 0.952 bits per heavy atom. The number of carbonyl (C=O) groups is 2. The van der Waals surface area contributed by atoms with Gasteiger partial charge in [0.25, 0.3) is 0 Å². The first-order valence-electron chi connectivity index (χ1n) is 6.96. The number of rotatable bonds is 5. The van der Waals surface area contributed by atoms with E-state index < -0.39 is 22.6 Å². The predicted octanol–water partition coefficient (Wildman–Crippen LogP) is 4.09. The summed E-state index contributed by atoms with van der Waals surface area (Å²) in [6.07, 6.45) is 0. The zero-order valence-corrected chi connectivity index (χ0v) is 15.9. The Morgan fingerprint density at radius 3 is 1.95 bits per heavy atom. The van der Waals surface area contributed by atoms with E-state index in [4.69, 9.17) is 8.85 Å². The minimum absolute atomic E-state index is 0.0865. The van der Waals surface area contributed by atoms with Crippen molar-refractivity contribution in [2.24, 2.45) is 0 Å². The first-order chi connectivity index (χ1) is 9.39. The summed E-state index contributed by atoms with van der Waals surface area (Å²) in [6.45, 7) is 13.4. The average molecular weight is 325 g/mol. The molecule has 0 bridgehead atoms. The van der Waals surface area contributed by atoms with Crippen molar-refractivity contribution in [3.63, 3.8) is 0 Å². The van der Waals surface area contributed by atoms with Crippen LogP contribution in [0, 0.1) is 0 Å². The van der Waals surface area contributed by atoms with Gasteiger partial charge < -0.3 is 8.85 Å². The molecule has 0 amide bonds. The molecule has 0 spiro atoms. The molecule has 0 radical (unpaired) electrons. The quantitative estimate of drug-likeness (QED) is 0.604. The van der Waals surface area contributed by atoms with Gasteiger partial charge in [0.15, 0.2) is 5.78 Å². The van der Waals surface area contributed by atoms with Crippen molar-refractivity contribution < 1.29 is 18.4 Å². The molecule has 0 saturated carbocycles. The minimum atomic E-state index is -2.01. The van der Waals surface area contributed by atoms with Crippen molar-refractivity contribution in [3.8, 4) is 5.75 Å². The second-order valence-electron chi connectivity index (χ2n) is 6.98. The summed E-state index contributed by atoms with van der Waals surface area (Å²) in [5.74, 6) is 0.00420. The van der Waals surface area contributed by atoms with Gasteiger partial charge >= 0.3 is 5.97 Å². The maximum atomic E-state index is 12.4. The van der Waals surface area contributed by atoms with E-state index in [0.29, 0.717) is 16.9 Å². The van der Waals surface area contributed by atoms with Crippen molar-refractivity contribution in [2.75, 3.05) is 0 Å². The zero-order valence-electron chi connectivity index (χ0n) is 13.9. The maximum Gasteiger partial charge on any atom is 0.328 e. The van der Waals surface area contributed by atoms with Crippen LogP contribution < -0.4 is 4.43 Å². The third kappa shape index (κ3) is 5.85. The minimum Gasteiger partial charge on any atom is -0.544 e. The van der Waals surface area contributed by atoms with Crippen LogP contribution >= 0.6 is 0 Å². The van der Waals surface area contributed by atoms with Crippen LogP contribution in [-0.2, 0) is 4.43 Å². The third-order valence-electron chi connectivity index (χ3n) is 2.42. The predicted molar refractivity (Wildman–Crippen MR) is 89.2 cm³/mol. The lowest BCUT2D eigenvalue weighted by atomic mass is 10.1. The van der Waals surface area contributed by atoms with Crippen molar-refractivity contribution in [1.82, 2.24) is 0 Å². The fourth-order valence-corrected chi connectivity index (χ4v) is 3.16. The number of hydrogen-bond acceptors (Lipinski definition) is 4. The molecule has 21 heavy (non-hydrogen) atoms. The second-order valence-corrected chi connectivity index (χ2v) is 15.8. The Hall–Kier alpha value is -1.41. The smallest absolute Gasteiger partial charge is 0.328 e. The van der Waals surface area contributed by atoms with Crippen LogP contribution in [0.3, 0.4) is 0 Å². The summed E-state index contributed by atoms with van der Waals surface area (Å²) in [7, 11) is -3.87. The molecule has 1 rings (SSSR count). The Kier molecular flexibility index (Phi) is 5.17. The fraction of sp³-hybridized carbons (Fsp3) is 0.467. The van der Waals surface area contributed by atoms with E-state index in [1.54, 1.807) is 18.2 Å². The monoisotopic (exact) mass is 324 g/mol. The molecule has 0 aliphatic heterocycles. The molecule has 0 aliphatic rings. The second kappa shape index (κ2) is 6.15. The number of hydrogen-bond donors (Lipinski definition) is 0. The van der Waals surface area contributed by atoms with Gasteiger partial charge in [-0.05, 0) is 64.4 Å². The molecule has 0 heterocycles. The van der Waals surface area contributed by atoms with E-state index in [1.165, 1.54) is 6.92 Å². The molecule has 0 unspecified atom stereocenters. The first kappa shape index (κ1) is 17.6. The molecule has 1 aromatic carbocycles. The summed E-state index contributed by atoms with van der Waals surface area (Å²) < 4.78 is 11.5. The molecule has 116 valence electrons. The van der Waals surface area contributed by atoms with Crippen LogP contribution in [0.2, 0.25) is 39.3 Å². The van der Waals surface area contributed by atoms with E-state index in [9.17, 15) is 9.59 Å². The van der Waals surface area contributed by atoms with E-state index in [1.807, 2.05) is 39.3 Å². The molecule has 0 aliphatic carbocycles. The van der Waals surface area contributed by atoms with E-state index in [-0.39, 0.29) is 5.78 Å². The Labute approximate surface area is 128 Å². The lowest BCUT2D eigenvalue weighted by molar-refractivity contribution is 0.0722. The molecule has 0 aromatic heterocycles. The van der Waals surface area contributed by atoms with Gasteiger partial charge in [0, 0.05) is 5.56 Å². The highest BCUT2D eigenvalue weighted by molar-refractivity contribution is 6.71. The summed E-state index contributed by atoms with van der Waals surface area (Å²) in [4.78, 5) is 23.9. The van der Waals surface area contributed by atoms with Crippen molar-refractivity contribution in [1.29, 1.82) is 0 Å². The van der Waals surface area contributed by atoms with Gasteiger partial charge in [-0.15, -0.1) is 0 Å². The zero-order chi connectivity index (χ0) is 16.4. The largest absolute Gasteiger partial charge is 0.544 e. The lowest BCUT2D eigenvalue weighted by Gasteiger charge is -2.23. The van der Waals surface area contributed by atoms with Gasteiger partial charge in [-0.2, -0.15) is 0 Å². The van der Waals surface area contributed by atoms with E-state index >= 15 is 0 Å². The molecular formula is C15H24O4Si2. The number of Topliss-reactive ketones (excluding diaryl/α,β-unsaturated/α-hetero) is 1. The molecular weight excluding hydrogens is 300 g/mol. The molecule has 4 nitrogen and oxygen atoms in total. The summed E-state index contributed by atoms with van der Waals surface area (Å²) in [6, 6.07) is 4.94. The molecule has 0 atom stereocenters. The fourth-order valence-electron chi connectivity index (χ4n) is 1.66. The van der Waals surface area contributed by atoms with Crippen LogP contribution in [0.15, 0.2) is 18.2 Å². The van der Waals surface area contributed by atoms with Crippen LogP contribution in [0.25, 0.3) is 0 Å². The SMILES string of the molecule is CC(=O)c1ccc(O[Si](C)(C)C)c(C(=O)O[Si](C)(C)C)c1. The Bertz CT molecular complexity index is 554. The first-order valence-corrected chi connectivity index (χ1v) is 13.8. The van der Waals surface area contributed by atoms with E-state index in [2.05, 4.69) is 0 Å². The van der Waals surface area contributed by atoms with Gasteiger partial charge in [-0.25, -0.2) is 4.79 Å². The highest BCUT2D eigenvalue weighted by Gasteiger charge is 2.26. The lowest BCUT2D eigenvalue weighted by Crippen LogP contribution is -2.32. The maximum absolute atomic E-state index is 12.4. The molecule has 0 fully saturated rings. The number of carbonyl (C=O) groups excluding carboxylic acids is 2. The Balaban J connectivity index is 3.26. The van der Waals surface area contributed by atoms with Crippen LogP contribution in [0.5, 0.6) is 5.75 Å². The van der Waals surface area contributed by atoms with Crippen molar-refractivity contribution >= 4 is 28.4 Å². The highest BCUT2D eigenvalue weighted by Crippen LogP contribution is 2.25. The summed E-state index contributed by atoms with van der Waals surface area (Å²) in [5.41, 5.74) is 0.827. The number of benzene rings is 1. The number of ketones is 1. The third-order valence-corrected chi connectivity index (χ3v) is 4.05. The normalized spacial score (nSPS) is 12.0. The van der Waals surface area contributed by atoms with Gasteiger partial charge in [-0.1, -0.05) is 0 Å². The molecule has 1 aromatic rings. The Morgan fingerprint density at radius 2 is 1.52 bits per heavy atom. The van der Waals surface area contributed by atoms with Crippen molar-refractivity contribution in [3.05, 3.63) is 29.3 Å².